The molecule has 3 nitrogen and oxygen atoms in total. The fourth-order valence-corrected chi connectivity index (χ4v) is 10.7. The van der Waals surface area contributed by atoms with Crippen LogP contribution < -0.4 is 4.90 Å². The molecule has 60 heavy (non-hydrogen) atoms. The Kier molecular flexibility index (Phi) is 6.93. The van der Waals surface area contributed by atoms with Crippen LogP contribution in [-0.4, -0.2) is 4.57 Å². The van der Waals surface area contributed by atoms with Crippen molar-refractivity contribution < 1.29 is 4.42 Å². The largest absolute Gasteiger partial charge is 0.456 e. The van der Waals surface area contributed by atoms with Gasteiger partial charge in [0.2, 0.25) is 0 Å². The Labute approximate surface area is 347 Å². The third kappa shape index (κ3) is 4.44. The van der Waals surface area contributed by atoms with Gasteiger partial charge in [-0.2, -0.15) is 0 Å². The predicted molar refractivity (Wildman–Crippen MR) is 247 cm³/mol. The van der Waals surface area contributed by atoms with E-state index >= 15 is 0 Å². The predicted octanol–water partition coefficient (Wildman–Crippen LogP) is 15.0. The van der Waals surface area contributed by atoms with Crippen molar-refractivity contribution in [3.63, 3.8) is 0 Å². The molecular formula is C57H36N2O. The van der Waals surface area contributed by atoms with Crippen LogP contribution in [-0.2, 0) is 5.41 Å². The highest BCUT2D eigenvalue weighted by molar-refractivity contribution is 6.11. The molecule has 1 spiro atoms. The molecule has 3 heteroatoms. The molecule has 9 aromatic carbocycles. The zero-order valence-electron chi connectivity index (χ0n) is 32.6. The van der Waals surface area contributed by atoms with E-state index in [1.54, 1.807) is 0 Å². The summed E-state index contributed by atoms with van der Waals surface area (Å²) in [5.41, 5.74) is 18.5. The molecule has 0 atom stereocenters. The Balaban J connectivity index is 1.00. The van der Waals surface area contributed by atoms with Gasteiger partial charge >= 0.3 is 0 Å². The number of rotatable bonds is 5. The van der Waals surface area contributed by atoms with E-state index < -0.39 is 5.41 Å². The Morgan fingerprint density at radius 1 is 0.383 bits per heavy atom. The maximum atomic E-state index is 6.87. The van der Waals surface area contributed by atoms with E-state index in [-0.39, 0.29) is 0 Å². The first-order valence-corrected chi connectivity index (χ1v) is 20.7. The van der Waals surface area contributed by atoms with E-state index in [9.17, 15) is 0 Å². The zero-order chi connectivity index (χ0) is 39.4. The van der Waals surface area contributed by atoms with Gasteiger partial charge in [-0.05, 0) is 106 Å². The lowest BCUT2D eigenvalue weighted by molar-refractivity contribution is 0.628. The molecule has 2 aliphatic rings. The first-order chi connectivity index (χ1) is 29.8. The first kappa shape index (κ1) is 33.1. The third-order valence-corrected chi connectivity index (χ3v) is 13.0. The molecule has 0 bridgehead atoms. The monoisotopic (exact) mass is 764 g/mol. The fourth-order valence-electron chi connectivity index (χ4n) is 10.7. The molecule has 0 aliphatic heterocycles. The highest BCUT2D eigenvalue weighted by Gasteiger charge is 2.55. The quantitative estimate of drug-likeness (QED) is 0.174. The van der Waals surface area contributed by atoms with Crippen molar-refractivity contribution in [3.8, 4) is 39.3 Å². The maximum absolute atomic E-state index is 6.87. The number of fused-ring (bicyclic) bond motifs is 15. The normalized spacial score (nSPS) is 13.1. The van der Waals surface area contributed by atoms with E-state index in [1.807, 2.05) is 0 Å². The minimum Gasteiger partial charge on any atom is -0.456 e. The lowest BCUT2D eigenvalue weighted by atomic mass is 9.68. The summed E-state index contributed by atoms with van der Waals surface area (Å²) in [6, 6.07) is 79.4. The number of nitrogens with zero attached hydrogens (tertiary/aromatic N) is 2. The fraction of sp³-hybridized carbons (Fsp3) is 0.0175. The van der Waals surface area contributed by atoms with Gasteiger partial charge in [0, 0.05) is 50.0 Å². The number of furan rings is 1. The van der Waals surface area contributed by atoms with E-state index in [4.69, 9.17) is 4.42 Å². The second-order valence-electron chi connectivity index (χ2n) is 16.0. The molecule has 0 saturated heterocycles. The molecule has 280 valence electrons. The minimum absolute atomic E-state index is 0.538. The van der Waals surface area contributed by atoms with Gasteiger partial charge in [0.25, 0.3) is 0 Å². The molecular weight excluding hydrogens is 729 g/mol. The highest BCUT2D eigenvalue weighted by Crippen LogP contribution is 2.66. The van der Waals surface area contributed by atoms with Crippen molar-refractivity contribution in [1.82, 2.24) is 4.57 Å². The van der Waals surface area contributed by atoms with Crippen molar-refractivity contribution >= 4 is 49.8 Å². The molecule has 2 aromatic heterocycles. The van der Waals surface area contributed by atoms with Crippen LogP contribution in [0.4, 0.5) is 17.1 Å². The Hall–Kier alpha value is -7.88. The highest BCUT2D eigenvalue weighted by atomic mass is 16.3. The van der Waals surface area contributed by atoms with Gasteiger partial charge in [0.05, 0.1) is 16.4 Å². The van der Waals surface area contributed by atoms with Gasteiger partial charge < -0.3 is 13.9 Å². The molecule has 2 aliphatic carbocycles. The molecule has 11 aromatic rings. The van der Waals surface area contributed by atoms with Crippen LogP contribution in [0.3, 0.4) is 0 Å². The van der Waals surface area contributed by atoms with Crippen LogP contribution in [0.2, 0.25) is 0 Å². The molecule has 0 fully saturated rings. The van der Waals surface area contributed by atoms with Crippen molar-refractivity contribution in [2.24, 2.45) is 0 Å². The van der Waals surface area contributed by atoms with Crippen LogP contribution in [0.5, 0.6) is 0 Å². The minimum atomic E-state index is -0.538. The summed E-state index contributed by atoms with van der Waals surface area (Å²) in [6.45, 7) is 0. The average molecular weight is 765 g/mol. The van der Waals surface area contributed by atoms with Gasteiger partial charge in [-0.3, -0.25) is 0 Å². The van der Waals surface area contributed by atoms with Crippen LogP contribution in [0.1, 0.15) is 22.3 Å². The molecule has 0 amide bonds. The Morgan fingerprint density at radius 2 is 0.950 bits per heavy atom. The summed E-state index contributed by atoms with van der Waals surface area (Å²) >= 11 is 0. The zero-order valence-corrected chi connectivity index (χ0v) is 32.6. The van der Waals surface area contributed by atoms with Crippen molar-refractivity contribution in [3.05, 3.63) is 241 Å². The number of benzene rings is 9. The summed E-state index contributed by atoms with van der Waals surface area (Å²) in [4.78, 5) is 2.37. The molecule has 0 unspecified atom stereocenters. The van der Waals surface area contributed by atoms with Crippen LogP contribution in [0.25, 0.3) is 72.0 Å². The van der Waals surface area contributed by atoms with Gasteiger partial charge in [0.15, 0.2) is 0 Å². The summed E-state index contributed by atoms with van der Waals surface area (Å²) in [6.07, 6.45) is 0. The molecule has 2 heterocycles. The van der Waals surface area contributed by atoms with Crippen molar-refractivity contribution in [2.45, 2.75) is 5.41 Å². The van der Waals surface area contributed by atoms with E-state index in [1.165, 1.54) is 71.7 Å². The summed E-state index contributed by atoms with van der Waals surface area (Å²) in [7, 11) is 0. The first-order valence-electron chi connectivity index (χ1n) is 20.7. The average Bonchev–Trinajstić information content (AvgIpc) is 4.03. The third-order valence-electron chi connectivity index (χ3n) is 13.0. The van der Waals surface area contributed by atoms with E-state index in [2.05, 4.69) is 228 Å². The lowest BCUT2D eigenvalue weighted by Gasteiger charge is -2.32. The Morgan fingerprint density at radius 3 is 1.72 bits per heavy atom. The standard InChI is InChI=1S/C57H36N2O/c1-3-16-38(17-4-1)58(41-34-35-52-48(36-41)45-22-9-13-28-51(45)59(52)39-18-5-2-6-19-39)40-32-30-37(31-33-40)42-24-15-25-47-54(42)57(55-46-23-10-14-29-53(46)60-56(47)55)49-26-11-7-20-43(49)44-21-8-12-27-50(44)57/h1-36H. The van der Waals surface area contributed by atoms with Gasteiger partial charge in [-0.1, -0.05) is 152 Å². The topological polar surface area (TPSA) is 21.3 Å². The summed E-state index contributed by atoms with van der Waals surface area (Å²) in [5, 5.41) is 3.62. The van der Waals surface area contributed by atoms with E-state index in [0.717, 1.165) is 39.7 Å². The second kappa shape index (κ2) is 12.6. The number of hydrogen-bond acceptors (Lipinski definition) is 2. The van der Waals surface area contributed by atoms with Crippen molar-refractivity contribution in [1.29, 1.82) is 0 Å². The van der Waals surface area contributed by atoms with Gasteiger partial charge in [-0.25, -0.2) is 0 Å². The number of anilines is 3. The Bertz CT molecular complexity index is 3440. The second-order valence-corrected chi connectivity index (χ2v) is 16.0. The van der Waals surface area contributed by atoms with Crippen LogP contribution in [0, 0.1) is 0 Å². The van der Waals surface area contributed by atoms with E-state index in [0.29, 0.717) is 0 Å². The SMILES string of the molecule is c1ccc(N(c2ccc(-c3cccc4c3C3(c5ccccc5-c5ccccc53)c3c-4oc4ccccc34)cc2)c2ccc3c(c2)c2ccccc2n3-c2ccccc2)cc1. The molecule has 0 N–H and O–H groups in total. The smallest absolute Gasteiger partial charge is 0.140 e. The maximum Gasteiger partial charge on any atom is 0.140 e. The summed E-state index contributed by atoms with van der Waals surface area (Å²) < 4.78 is 9.24. The van der Waals surface area contributed by atoms with Crippen molar-refractivity contribution in [2.75, 3.05) is 4.90 Å². The summed E-state index contributed by atoms with van der Waals surface area (Å²) in [5.74, 6) is 0.968. The number of para-hydroxylation sites is 4. The van der Waals surface area contributed by atoms with Gasteiger partial charge in [0.1, 0.15) is 11.3 Å². The number of aromatic nitrogens is 1. The molecule has 13 rings (SSSR count). The van der Waals surface area contributed by atoms with Gasteiger partial charge in [-0.15, -0.1) is 0 Å². The molecule has 0 saturated carbocycles. The van der Waals surface area contributed by atoms with Crippen LogP contribution >= 0.6 is 0 Å². The lowest BCUT2D eigenvalue weighted by Crippen LogP contribution is -2.26. The number of hydrogen-bond donors (Lipinski definition) is 0. The molecule has 0 radical (unpaired) electrons. The van der Waals surface area contributed by atoms with Crippen LogP contribution in [0.15, 0.2) is 223 Å².